The van der Waals surface area contributed by atoms with Gasteiger partial charge < -0.3 is 9.52 Å². The molecule has 4 nitrogen and oxygen atoms in total. The zero-order valence-electron chi connectivity index (χ0n) is 9.27. The fourth-order valence-corrected chi connectivity index (χ4v) is 3.40. The highest BCUT2D eigenvalue weighted by Crippen LogP contribution is 2.40. The van der Waals surface area contributed by atoms with Gasteiger partial charge in [-0.15, -0.1) is 11.3 Å². The van der Waals surface area contributed by atoms with Crippen molar-refractivity contribution in [1.82, 2.24) is 4.98 Å². The van der Waals surface area contributed by atoms with Crippen LogP contribution in [0.1, 0.15) is 28.7 Å². The smallest absolute Gasteiger partial charge is 0.312 e. The summed E-state index contributed by atoms with van der Waals surface area (Å²) in [5.41, 5.74) is 1.71. The third kappa shape index (κ3) is 1.58. The van der Waals surface area contributed by atoms with Gasteiger partial charge in [0, 0.05) is 4.88 Å². The van der Waals surface area contributed by atoms with E-state index in [-0.39, 0.29) is 0 Å². The van der Waals surface area contributed by atoms with Gasteiger partial charge in [0.25, 0.3) is 0 Å². The van der Waals surface area contributed by atoms with E-state index in [9.17, 15) is 4.79 Å². The Kier molecular flexibility index (Phi) is 2.29. The van der Waals surface area contributed by atoms with E-state index in [2.05, 4.69) is 4.98 Å². The molecule has 0 aliphatic heterocycles. The minimum absolute atomic E-state index is 0.429. The van der Waals surface area contributed by atoms with E-state index >= 15 is 0 Å². The van der Waals surface area contributed by atoms with E-state index in [1.54, 1.807) is 17.6 Å². The third-order valence-corrected chi connectivity index (χ3v) is 4.27. The zero-order chi connectivity index (χ0) is 12.0. The molecule has 2 aromatic heterocycles. The molecule has 5 heteroatoms. The number of aliphatic carboxylic acids is 1. The summed E-state index contributed by atoms with van der Waals surface area (Å²) < 4.78 is 5.24. The molecule has 3 rings (SSSR count). The number of aromatic nitrogens is 1. The SMILES string of the molecule is Cc1occc1-c1nc2c(s1)CCC2C(=O)O. The van der Waals surface area contributed by atoms with Gasteiger partial charge in [0.2, 0.25) is 0 Å². The summed E-state index contributed by atoms with van der Waals surface area (Å²) in [6, 6.07) is 1.87. The van der Waals surface area contributed by atoms with E-state index in [4.69, 9.17) is 9.52 Å². The first-order valence-corrected chi connectivity index (χ1v) is 6.25. The lowest BCUT2D eigenvalue weighted by Crippen LogP contribution is -2.08. The molecule has 0 amide bonds. The average molecular weight is 249 g/mol. The Bertz CT molecular complexity index is 584. The van der Waals surface area contributed by atoms with Crippen molar-refractivity contribution in [2.24, 2.45) is 0 Å². The number of hydrogen-bond acceptors (Lipinski definition) is 4. The highest BCUT2D eigenvalue weighted by Gasteiger charge is 2.32. The van der Waals surface area contributed by atoms with Gasteiger partial charge in [0.1, 0.15) is 16.7 Å². The Labute approximate surface area is 102 Å². The summed E-state index contributed by atoms with van der Waals surface area (Å²) in [6.07, 6.45) is 3.13. The fraction of sp³-hybridized carbons (Fsp3) is 0.333. The first-order valence-electron chi connectivity index (χ1n) is 5.43. The molecule has 1 atom stereocenters. The van der Waals surface area contributed by atoms with Gasteiger partial charge in [-0.25, -0.2) is 4.98 Å². The van der Waals surface area contributed by atoms with Gasteiger partial charge in [-0.3, -0.25) is 4.79 Å². The number of carboxylic acids is 1. The van der Waals surface area contributed by atoms with Crippen molar-refractivity contribution >= 4 is 17.3 Å². The lowest BCUT2D eigenvalue weighted by Gasteiger charge is -2.01. The van der Waals surface area contributed by atoms with Crippen LogP contribution in [-0.2, 0) is 11.2 Å². The van der Waals surface area contributed by atoms with Crippen LogP contribution in [0.25, 0.3) is 10.6 Å². The van der Waals surface area contributed by atoms with Crippen LogP contribution >= 0.6 is 11.3 Å². The van der Waals surface area contributed by atoms with Crippen molar-refractivity contribution < 1.29 is 14.3 Å². The van der Waals surface area contributed by atoms with E-state index in [1.807, 2.05) is 13.0 Å². The van der Waals surface area contributed by atoms with Crippen molar-refractivity contribution in [3.05, 3.63) is 28.7 Å². The number of fused-ring (bicyclic) bond motifs is 1. The van der Waals surface area contributed by atoms with Gasteiger partial charge in [-0.1, -0.05) is 0 Å². The normalized spacial score (nSPS) is 18.3. The zero-order valence-corrected chi connectivity index (χ0v) is 10.1. The maximum absolute atomic E-state index is 11.1. The Morgan fingerprint density at radius 1 is 1.65 bits per heavy atom. The Morgan fingerprint density at radius 3 is 3.12 bits per heavy atom. The van der Waals surface area contributed by atoms with Crippen LogP contribution in [0.15, 0.2) is 16.7 Å². The summed E-state index contributed by atoms with van der Waals surface area (Å²) in [4.78, 5) is 16.7. The molecule has 1 aliphatic carbocycles. The number of furan rings is 1. The molecule has 0 aromatic carbocycles. The molecule has 1 aliphatic rings. The Hall–Kier alpha value is -1.62. The van der Waals surface area contributed by atoms with Crippen LogP contribution in [0.5, 0.6) is 0 Å². The summed E-state index contributed by atoms with van der Waals surface area (Å²) >= 11 is 1.58. The maximum Gasteiger partial charge on any atom is 0.312 e. The summed E-state index contributed by atoms with van der Waals surface area (Å²) in [7, 11) is 0. The van der Waals surface area contributed by atoms with E-state index in [0.717, 1.165) is 33.3 Å². The van der Waals surface area contributed by atoms with Crippen LogP contribution < -0.4 is 0 Å². The Balaban J connectivity index is 2.04. The molecule has 88 valence electrons. The first-order chi connectivity index (χ1) is 8.16. The molecule has 0 fully saturated rings. The molecule has 0 bridgehead atoms. The van der Waals surface area contributed by atoms with E-state index in [1.165, 1.54) is 0 Å². The number of thiazole rings is 1. The number of nitrogens with zero attached hydrogens (tertiary/aromatic N) is 1. The van der Waals surface area contributed by atoms with Gasteiger partial charge in [0.15, 0.2) is 0 Å². The number of hydrogen-bond donors (Lipinski definition) is 1. The van der Waals surface area contributed by atoms with Gasteiger partial charge in [-0.2, -0.15) is 0 Å². The van der Waals surface area contributed by atoms with Crippen LogP contribution in [0.2, 0.25) is 0 Å². The number of aryl methyl sites for hydroxylation is 2. The number of carbonyl (C=O) groups is 1. The molecule has 1 unspecified atom stereocenters. The van der Waals surface area contributed by atoms with Crippen LogP contribution in [-0.4, -0.2) is 16.1 Å². The minimum Gasteiger partial charge on any atom is -0.481 e. The number of carboxylic acid groups (broad SMARTS) is 1. The second-order valence-corrected chi connectivity index (χ2v) is 5.23. The van der Waals surface area contributed by atoms with Crippen LogP contribution in [0, 0.1) is 6.92 Å². The summed E-state index contributed by atoms with van der Waals surface area (Å²) in [5.74, 6) is -0.379. The maximum atomic E-state index is 11.1. The second kappa shape index (κ2) is 3.70. The predicted octanol–water partition coefficient (Wildman–Crippen LogP) is 2.83. The molecule has 17 heavy (non-hydrogen) atoms. The largest absolute Gasteiger partial charge is 0.481 e. The summed E-state index contributed by atoms with van der Waals surface area (Å²) in [6.45, 7) is 1.89. The molecule has 0 saturated heterocycles. The highest BCUT2D eigenvalue weighted by atomic mass is 32.1. The van der Waals surface area contributed by atoms with Crippen molar-refractivity contribution in [2.45, 2.75) is 25.7 Å². The third-order valence-electron chi connectivity index (χ3n) is 3.11. The lowest BCUT2D eigenvalue weighted by molar-refractivity contribution is -0.138. The molecule has 0 spiro atoms. The second-order valence-electron chi connectivity index (χ2n) is 4.15. The lowest BCUT2D eigenvalue weighted by atomic mass is 10.1. The van der Waals surface area contributed by atoms with Crippen molar-refractivity contribution in [1.29, 1.82) is 0 Å². The van der Waals surface area contributed by atoms with Crippen molar-refractivity contribution in [3.8, 4) is 10.6 Å². The van der Waals surface area contributed by atoms with Crippen molar-refractivity contribution in [3.63, 3.8) is 0 Å². The Morgan fingerprint density at radius 2 is 2.47 bits per heavy atom. The topological polar surface area (TPSA) is 63.3 Å². The quantitative estimate of drug-likeness (QED) is 0.888. The first kappa shape index (κ1) is 10.5. The van der Waals surface area contributed by atoms with Gasteiger partial charge >= 0.3 is 5.97 Å². The molecular weight excluding hydrogens is 238 g/mol. The summed E-state index contributed by atoms with van der Waals surface area (Å²) in [5, 5.41) is 9.97. The molecular formula is C12H11NO3S. The predicted molar refractivity (Wildman–Crippen MR) is 63.3 cm³/mol. The fourth-order valence-electron chi connectivity index (χ4n) is 2.19. The van der Waals surface area contributed by atoms with E-state index < -0.39 is 11.9 Å². The standard InChI is InChI=1S/C12H11NO3S/c1-6-7(4-5-16-6)11-13-10-8(12(14)15)2-3-9(10)17-11/h4-5,8H,2-3H2,1H3,(H,14,15). The van der Waals surface area contributed by atoms with Crippen molar-refractivity contribution in [2.75, 3.05) is 0 Å². The number of rotatable bonds is 2. The minimum atomic E-state index is -0.774. The van der Waals surface area contributed by atoms with Crippen LogP contribution in [0.4, 0.5) is 0 Å². The molecule has 0 radical (unpaired) electrons. The molecule has 0 saturated carbocycles. The highest BCUT2D eigenvalue weighted by molar-refractivity contribution is 7.15. The molecule has 2 heterocycles. The van der Waals surface area contributed by atoms with Gasteiger partial charge in [-0.05, 0) is 25.8 Å². The van der Waals surface area contributed by atoms with Gasteiger partial charge in [0.05, 0.1) is 17.5 Å². The monoisotopic (exact) mass is 249 g/mol. The average Bonchev–Trinajstić information content (AvgIpc) is 2.89. The van der Waals surface area contributed by atoms with E-state index in [0.29, 0.717) is 6.42 Å². The van der Waals surface area contributed by atoms with Crippen LogP contribution in [0.3, 0.4) is 0 Å². The molecule has 1 N–H and O–H groups in total. The molecule has 2 aromatic rings.